The molecule has 5 amide bonds. The molecule has 3 fully saturated rings. The summed E-state index contributed by atoms with van der Waals surface area (Å²) in [4.78, 5) is 101. The Balaban J connectivity index is 1.49. The number of ketones is 1. The Hall–Kier alpha value is -4.66. The number of hydrogen-bond donors (Lipinski definition) is 3. The first-order valence-corrected chi connectivity index (χ1v) is 26.9. The zero-order valence-electron chi connectivity index (χ0n) is 44.1. The molecule has 3 aliphatic rings. The standard InChI is InChI=1S/C51H82N6O13S/c1-13-32(6)45(55(10)49(62)38(30(2)3)28-41(58)44(31(4)5)54(8)9)42(68-11)29-43(59)57-24-14-15-40(57)46(69-12)33(7)47(60)52-39(48(61)53-71(66,67)37-20-21-37)27-34-16-18-36(19-17-34)70-51(65)56-25-22-35(23-26-56)50(63)64/h16-19,30-33,35,37-40,42,44-46H,13-15,20-29H2,1-12H3,(H,52,60)(H,53,61)(H,63,64)/t32-,33+,38-,39-,40-,42+,44-,45?,46+/m0/s1. The zero-order chi connectivity index (χ0) is 53.1. The quantitative estimate of drug-likeness (QED) is 0.117. The molecule has 1 aromatic rings. The number of carbonyl (C=O) groups excluding carboxylic acids is 6. The van der Waals surface area contributed by atoms with Crippen LogP contribution in [0.25, 0.3) is 0 Å². The minimum Gasteiger partial charge on any atom is -0.481 e. The van der Waals surface area contributed by atoms with Crippen molar-refractivity contribution in [1.82, 2.24) is 29.6 Å². The predicted octanol–water partition coefficient (Wildman–Crippen LogP) is 4.36. The van der Waals surface area contributed by atoms with Crippen molar-refractivity contribution in [3.05, 3.63) is 29.8 Å². The van der Waals surface area contributed by atoms with Crippen molar-refractivity contribution < 1.29 is 61.3 Å². The molecule has 2 saturated heterocycles. The summed E-state index contributed by atoms with van der Waals surface area (Å²) in [5.41, 5.74) is 0.521. The number of methoxy groups -OCH3 is 2. The van der Waals surface area contributed by atoms with Gasteiger partial charge in [-0.2, -0.15) is 0 Å². The van der Waals surface area contributed by atoms with E-state index in [1.54, 1.807) is 35.9 Å². The first-order chi connectivity index (χ1) is 33.4. The molecule has 0 spiro atoms. The summed E-state index contributed by atoms with van der Waals surface area (Å²) in [5.74, 6) is -4.84. The van der Waals surface area contributed by atoms with Crippen molar-refractivity contribution in [3.63, 3.8) is 0 Å². The van der Waals surface area contributed by atoms with Gasteiger partial charge in [0.2, 0.25) is 27.7 Å². The molecule has 1 unspecified atom stereocenters. The number of likely N-dealkylation sites (N-methyl/N-ethyl adjacent to an activating group) is 2. The van der Waals surface area contributed by atoms with Gasteiger partial charge < -0.3 is 39.3 Å². The topological polar surface area (TPSA) is 239 Å². The van der Waals surface area contributed by atoms with Gasteiger partial charge in [-0.05, 0) is 88.1 Å². The Morgan fingerprint density at radius 1 is 0.817 bits per heavy atom. The number of piperidine rings is 1. The Kier molecular flexibility index (Phi) is 21.9. The fraction of sp³-hybridized carbons (Fsp3) is 0.745. The molecule has 0 radical (unpaired) electrons. The van der Waals surface area contributed by atoms with Crippen LogP contribution >= 0.6 is 0 Å². The molecule has 4 rings (SSSR count). The lowest BCUT2D eigenvalue weighted by Crippen LogP contribution is -2.55. The maximum Gasteiger partial charge on any atom is 0.415 e. The number of hydrogen-bond acceptors (Lipinski definition) is 13. The van der Waals surface area contributed by atoms with E-state index >= 15 is 0 Å². The van der Waals surface area contributed by atoms with E-state index in [4.69, 9.17) is 14.2 Å². The van der Waals surface area contributed by atoms with E-state index in [0.717, 1.165) is 0 Å². The summed E-state index contributed by atoms with van der Waals surface area (Å²) < 4.78 is 45.6. The van der Waals surface area contributed by atoms with E-state index in [1.165, 1.54) is 31.3 Å². The van der Waals surface area contributed by atoms with Gasteiger partial charge >= 0.3 is 12.1 Å². The van der Waals surface area contributed by atoms with Crippen LogP contribution in [0.1, 0.15) is 112 Å². The van der Waals surface area contributed by atoms with Crippen LogP contribution in [0.3, 0.4) is 0 Å². The van der Waals surface area contributed by atoms with E-state index in [0.29, 0.717) is 57.1 Å². The van der Waals surface area contributed by atoms with E-state index in [9.17, 15) is 47.1 Å². The molecule has 1 aliphatic carbocycles. The number of rotatable bonds is 26. The van der Waals surface area contributed by atoms with Gasteiger partial charge in [0.25, 0.3) is 5.91 Å². The predicted molar refractivity (Wildman–Crippen MR) is 267 cm³/mol. The van der Waals surface area contributed by atoms with Crippen LogP contribution in [0, 0.1) is 35.5 Å². The minimum atomic E-state index is -3.99. The van der Waals surface area contributed by atoms with Gasteiger partial charge in [-0.15, -0.1) is 0 Å². The molecule has 1 aromatic carbocycles. The Morgan fingerprint density at radius 2 is 1.44 bits per heavy atom. The Morgan fingerprint density at radius 3 is 1.94 bits per heavy atom. The third-order valence-corrected chi connectivity index (χ3v) is 16.7. The number of aliphatic carboxylic acids is 1. The SMILES string of the molecule is CC[C@H](C)C([C@@H](CC(=O)N1CCC[C@H]1[C@H](OC)[C@@H](C)C(=O)N[C@@H](Cc1ccc(OC(=O)N2CCC(C(=O)O)CC2)cc1)C(=O)NS(=O)(=O)C1CC1)OC)N(C)C(=O)[C@@H](CC(=O)[C@H](C(C)C)N(C)C)C(C)C. The van der Waals surface area contributed by atoms with Crippen molar-refractivity contribution in [2.24, 2.45) is 35.5 Å². The van der Waals surface area contributed by atoms with Crippen molar-refractivity contribution in [2.45, 2.75) is 154 Å². The average molecular weight is 1020 g/mol. The fourth-order valence-corrected chi connectivity index (χ4v) is 11.7. The first kappa shape index (κ1) is 58.9. The Labute approximate surface area is 421 Å². The van der Waals surface area contributed by atoms with E-state index in [-0.39, 0.29) is 79.5 Å². The second kappa shape index (κ2) is 26.3. The molecule has 0 bridgehead atoms. The molecule has 2 heterocycles. The number of carbonyl (C=O) groups is 7. The zero-order valence-corrected chi connectivity index (χ0v) is 44.9. The van der Waals surface area contributed by atoms with Crippen LogP contribution < -0.4 is 14.8 Å². The summed E-state index contributed by atoms with van der Waals surface area (Å²) in [7, 11) is 4.44. The lowest BCUT2D eigenvalue weighted by molar-refractivity contribution is -0.149. The normalized spacial score (nSPS) is 20.1. The van der Waals surface area contributed by atoms with E-state index in [2.05, 4.69) is 10.0 Å². The van der Waals surface area contributed by atoms with Crippen LogP contribution in [0.2, 0.25) is 0 Å². The van der Waals surface area contributed by atoms with Crippen molar-refractivity contribution in [3.8, 4) is 5.75 Å². The van der Waals surface area contributed by atoms with Crippen LogP contribution in [0.4, 0.5) is 4.79 Å². The third-order valence-electron chi connectivity index (χ3n) is 14.8. The average Bonchev–Trinajstić information content (AvgIpc) is 4.08. The molecule has 0 aromatic heterocycles. The molecule has 20 heteroatoms. The highest BCUT2D eigenvalue weighted by atomic mass is 32.2. The van der Waals surface area contributed by atoms with E-state index in [1.807, 2.05) is 60.5 Å². The van der Waals surface area contributed by atoms with Crippen LogP contribution in [0.15, 0.2) is 24.3 Å². The lowest BCUT2D eigenvalue weighted by Gasteiger charge is -2.41. The second-order valence-electron chi connectivity index (χ2n) is 20.9. The number of nitrogens with zero attached hydrogens (tertiary/aromatic N) is 4. The number of benzene rings is 1. The first-order valence-electron chi connectivity index (χ1n) is 25.3. The lowest BCUT2D eigenvalue weighted by atomic mass is 9.83. The fourth-order valence-electron chi connectivity index (χ4n) is 10.4. The van der Waals surface area contributed by atoms with Crippen molar-refractivity contribution >= 4 is 51.5 Å². The van der Waals surface area contributed by atoms with E-state index < -0.39 is 87.2 Å². The summed E-state index contributed by atoms with van der Waals surface area (Å²) in [6.07, 6.45) is 1.00. The van der Waals surface area contributed by atoms with Crippen LogP contribution in [-0.4, -0.2) is 171 Å². The van der Waals surface area contributed by atoms with Gasteiger partial charge in [0.05, 0.1) is 53.8 Å². The number of nitrogens with one attached hydrogen (secondary N) is 2. The Bertz CT molecular complexity index is 2100. The molecule has 3 N–H and O–H groups in total. The smallest absolute Gasteiger partial charge is 0.415 e. The maximum absolute atomic E-state index is 14.5. The number of sulfonamides is 1. The molecule has 71 heavy (non-hydrogen) atoms. The molecular weight excluding hydrogens is 937 g/mol. The highest BCUT2D eigenvalue weighted by Gasteiger charge is 2.44. The minimum absolute atomic E-state index is 0.00137. The molecule has 19 nitrogen and oxygen atoms in total. The van der Waals surface area contributed by atoms with Gasteiger partial charge in [-0.25, -0.2) is 13.2 Å². The number of carboxylic acids is 1. The van der Waals surface area contributed by atoms with Gasteiger partial charge in [0.1, 0.15) is 11.8 Å². The van der Waals surface area contributed by atoms with Crippen molar-refractivity contribution in [1.29, 1.82) is 0 Å². The summed E-state index contributed by atoms with van der Waals surface area (Å²) in [5, 5.41) is 11.3. The van der Waals surface area contributed by atoms with Gasteiger partial charge in [0.15, 0.2) is 5.78 Å². The maximum atomic E-state index is 14.5. The van der Waals surface area contributed by atoms with Crippen LogP contribution in [0.5, 0.6) is 5.75 Å². The summed E-state index contributed by atoms with van der Waals surface area (Å²) in [6.45, 7) is 14.4. The number of carboxylic acid groups (broad SMARTS) is 1. The monoisotopic (exact) mass is 1020 g/mol. The highest BCUT2D eigenvalue weighted by molar-refractivity contribution is 7.90. The van der Waals surface area contributed by atoms with Crippen molar-refractivity contribution in [2.75, 3.05) is 55.0 Å². The molecule has 2 aliphatic heterocycles. The summed E-state index contributed by atoms with van der Waals surface area (Å²) in [6, 6.07) is 3.47. The number of amides is 5. The largest absolute Gasteiger partial charge is 0.481 e. The molecular formula is C51H82N6O13S. The number of Topliss-reactive ketones (excluding diaryl/α,β-unsaturated/α-hetero) is 1. The second-order valence-corrected chi connectivity index (χ2v) is 22.8. The third kappa shape index (κ3) is 15.7. The summed E-state index contributed by atoms with van der Waals surface area (Å²) >= 11 is 0. The highest BCUT2D eigenvalue weighted by Crippen LogP contribution is 2.32. The van der Waals surface area contributed by atoms with Gasteiger partial charge in [-0.1, -0.05) is 67.0 Å². The number of likely N-dealkylation sites (tertiary alicyclic amines) is 2. The number of ether oxygens (including phenoxy) is 3. The molecule has 1 saturated carbocycles. The van der Waals surface area contributed by atoms with Crippen LogP contribution in [-0.2, 0) is 54.7 Å². The van der Waals surface area contributed by atoms with Gasteiger partial charge in [-0.3, -0.25) is 38.4 Å². The van der Waals surface area contributed by atoms with Gasteiger partial charge in [0, 0.05) is 59.7 Å². The molecule has 9 atom stereocenters. The molecule has 400 valence electrons.